The average molecular weight is 485 g/mol. The zero-order valence-corrected chi connectivity index (χ0v) is 19.1. The van der Waals surface area contributed by atoms with Crippen molar-refractivity contribution in [2.24, 2.45) is 4.99 Å². The maximum Gasteiger partial charge on any atom is 0.252 e. The predicted molar refractivity (Wildman–Crippen MR) is 122 cm³/mol. The SMILES string of the molecule is COc1ccc(CC(=O)N=C2SC3CS(=O)(=O)CC3N2c2cccc(Cl)c2Cl)cc1. The molecule has 30 heavy (non-hydrogen) atoms. The number of nitrogens with zero attached hydrogens (tertiary/aromatic N) is 2. The molecule has 0 aromatic heterocycles. The molecule has 2 unspecified atom stereocenters. The molecular formula is C20H18Cl2N2O4S2. The lowest BCUT2D eigenvalue weighted by molar-refractivity contribution is -0.117. The number of aliphatic imine (C=N–C) groups is 1. The van der Waals surface area contributed by atoms with Crippen LogP contribution in [0.5, 0.6) is 5.75 Å². The van der Waals surface area contributed by atoms with Crippen LogP contribution in [-0.4, -0.2) is 49.4 Å². The quantitative estimate of drug-likeness (QED) is 0.655. The Hall–Kier alpha value is -1.74. The summed E-state index contributed by atoms with van der Waals surface area (Å²) >= 11 is 13.9. The second-order valence-corrected chi connectivity index (χ2v) is 11.2. The highest BCUT2D eigenvalue weighted by Gasteiger charge is 2.49. The predicted octanol–water partition coefficient (Wildman–Crippen LogP) is 3.85. The van der Waals surface area contributed by atoms with E-state index >= 15 is 0 Å². The van der Waals surface area contributed by atoms with E-state index in [2.05, 4.69) is 4.99 Å². The molecule has 0 N–H and O–H groups in total. The van der Waals surface area contributed by atoms with Crippen molar-refractivity contribution in [2.45, 2.75) is 17.7 Å². The van der Waals surface area contributed by atoms with E-state index in [1.165, 1.54) is 11.8 Å². The highest BCUT2D eigenvalue weighted by atomic mass is 35.5. The number of hydrogen-bond donors (Lipinski definition) is 0. The average Bonchev–Trinajstić information content (AvgIpc) is 3.15. The molecule has 0 spiro atoms. The summed E-state index contributed by atoms with van der Waals surface area (Å²) in [6, 6.07) is 12.0. The molecule has 2 aliphatic heterocycles. The number of halogens is 2. The number of sulfone groups is 1. The van der Waals surface area contributed by atoms with Crippen LogP contribution >= 0.6 is 35.0 Å². The van der Waals surface area contributed by atoms with Gasteiger partial charge in [-0.05, 0) is 29.8 Å². The van der Waals surface area contributed by atoms with Gasteiger partial charge in [0, 0.05) is 5.25 Å². The molecule has 4 rings (SSSR count). The molecule has 2 saturated heterocycles. The van der Waals surface area contributed by atoms with Crippen molar-refractivity contribution in [3.05, 3.63) is 58.1 Å². The van der Waals surface area contributed by atoms with Crippen LogP contribution in [0.3, 0.4) is 0 Å². The molecular weight excluding hydrogens is 467 g/mol. The van der Waals surface area contributed by atoms with Gasteiger partial charge in [-0.3, -0.25) is 4.79 Å². The number of ether oxygens (including phenoxy) is 1. The fourth-order valence-electron chi connectivity index (χ4n) is 3.59. The summed E-state index contributed by atoms with van der Waals surface area (Å²) in [5.74, 6) is 0.412. The van der Waals surface area contributed by atoms with E-state index in [9.17, 15) is 13.2 Å². The molecule has 2 heterocycles. The fraction of sp³-hybridized carbons (Fsp3) is 0.300. The van der Waals surface area contributed by atoms with Crippen molar-refractivity contribution in [1.29, 1.82) is 0 Å². The topological polar surface area (TPSA) is 76.0 Å². The molecule has 6 nitrogen and oxygen atoms in total. The highest BCUT2D eigenvalue weighted by Crippen LogP contribution is 2.44. The maximum absolute atomic E-state index is 12.7. The van der Waals surface area contributed by atoms with Gasteiger partial charge >= 0.3 is 0 Å². The Morgan fingerprint density at radius 2 is 1.93 bits per heavy atom. The third-order valence-corrected chi connectivity index (χ3v) is 9.01. The summed E-state index contributed by atoms with van der Waals surface area (Å²) in [6.45, 7) is 0. The Bertz CT molecular complexity index is 1120. The van der Waals surface area contributed by atoms with Crippen LogP contribution in [0.25, 0.3) is 0 Å². The minimum Gasteiger partial charge on any atom is -0.497 e. The van der Waals surface area contributed by atoms with Gasteiger partial charge in [0.25, 0.3) is 5.91 Å². The van der Waals surface area contributed by atoms with Crippen LogP contribution in [-0.2, 0) is 21.1 Å². The van der Waals surface area contributed by atoms with Gasteiger partial charge < -0.3 is 9.64 Å². The summed E-state index contributed by atoms with van der Waals surface area (Å²) < 4.78 is 29.5. The third-order valence-electron chi connectivity index (χ3n) is 4.99. The van der Waals surface area contributed by atoms with E-state index in [-0.39, 0.29) is 35.1 Å². The number of methoxy groups -OCH3 is 1. The second kappa shape index (κ2) is 8.42. The Kier molecular flexibility index (Phi) is 6.03. The van der Waals surface area contributed by atoms with Gasteiger partial charge in [0.15, 0.2) is 15.0 Å². The van der Waals surface area contributed by atoms with Gasteiger partial charge in [-0.25, -0.2) is 8.42 Å². The van der Waals surface area contributed by atoms with Gasteiger partial charge in [0.05, 0.1) is 46.8 Å². The zero-order valence-electron chi connectivity index (χ0n) is 15.9. The number of carbonyl (C=O) groups is 1. The van der Waals surface area contributed by atoms with E-state index in [1.807, 2.05) is 12.1 Å². The van der Waals surface area contributed by atoms with Crippen molar-refractivity contribution in [1.82, 2.24) is 0 Å². The molecule has 158 valence electrons. The highest BCUT2D eigenvalue weighted by molar-refractivity contribution is 8.16. The minimum atomic E-state index is -3.17. The largest absolute Gasteiger partial charge is 0.497 e. The van der Waals surface area contributed by atoms with Crippen LogP contribution in [0.1, 0.15) is 5.56 Å². The van der Waals surface area contributed by atoms with Crippen LogP contribution < -0.4 is 9.64 Å². The molecule has 0 saturated carbocycles. The van der Waals surface area contributed by atoms with Crippen LogP contribution in [0.2, 0.25) is 10.0 Å². The molecule has 2 aromatic carbocycles. The number of amidine groups is 1. The molecule has 0 bridgehead atoms. The third kappa shape index (κ3) is 4.32. The van der Waals surface area contributed by atoms with E-state index in [4.69, 9.17) is 27.9 Å². The molecule has 2 atom stereocenters. The van der Waals surface area contributed by atoms with Crippen LogP contribution in [0.15, 0.2) is 47.5 Å². The molecule has 2 aliphatic rings. The normalized spacial score (nSPS) is 23.6. The smallest absolute Gasteiger partial charge is 0.252 e. The Morgan fingerprint density at radius 3 is 2.63 bits per heavy atom. The first kappa shape index (κ1) is 21.5. The van der Waals surface area contributed by atoms with Crippen molar-refractivity contribution >= 4 is 61.6 Å². The monoisotopic (exact) mass is 484 g/mol. The second-order valence-electron chi connectivity index (χ2n) is 7.06. The van der Waals surface area contributed by atoms with Gasteiger partial charge in [0.1, 0.15) is 5.75 Å². The standard InChI is InChI=1S/C20H18Cl2N2O4S2/c1-28-13-7-5-12(6-8-13)9-18(25)23-20-24(15-4-2-3-14(21)19(15)22)16-10-30(26,27)11-17(16)29-20/h2-8,16-17H,9-11H2,1H3. The number of rotatable bonds is 4. The number of hydrogen-bond acceptors (Lipinski definition) is 5. The number of thioether (sulfide) groups is 1. The van der Waals surface area contributed by atoms with Crippen molar-refractivity contribution < 1.29 is 17.9 Å². The lowest BCUT2D eigenvalue weighted by atomic mass is 10.1. The summed E-state index contributed by atoms with van der Waals surface area (Å²) in [7, 11) is -1.59. The number of fused-ring (bicyclic) bond motifs is 1. The summed E-state index contributed by atoms with van der Waals surface area (Å²) in [5, 5.41) is 0.896. The fourth-order valence-corrected chi connectivity index (χ4v) is 7.90. The lowest BCUT2D eigenvalue weighted by Crippen LogP contribution is -2.38. The summed E-state index contributed by atoms with van der Waals surface area (Å²) in [4.78, 5) is 18.7. The van der Waals surface area contributed by atoms with Crippen LogP contribution in [0, 0.1) is 0 Å². The van der Waals surface area contributed by atoms with E-state index < -0.39 is 9.84 Å². The number of carbonyl (C=O) groups excluding carboxylic acids is 1. The van der Waals surface area contributed by atoms with Gasteiger partial charge in [-0.1, -0.05) is 53.2 Å². The number of amides is 1. The molecule has 2 fully saturated rings. The first-order valence-electron chi connectivity index (χ1n) is 9.12. The minimum absolute atomic E-state index is 0.0147. The first-order valence-corrected chi connectivity index (χ1v) is 12.6. The zero-order chi connectivity index (χ0) is 21.5. The molecule has 0 aliphatic carbocycles. The van der Waals surface area contributed by atoms with Crippen LogP contribution in [0.4, 0.5) is 5.69 Å². The molecule has 1 amide bonds. The molecule has 10 heteroatoms. The van der Waals surface area contributed by atoms with Crippen molar-refractivity contribution in [2.75, 3.05) is 23.5 Å². The molecule has 0 radical (unpaired) electrons. The van der Waals surface area contributed by atoms with Gasteiger partial charge in [-0.15, -0.1) is 0 Å². The van der Waals surface area contributed by atoms with Gasteiger partial charge in [0.2, 0.25) is 0 Å². The summed E-state index contributed by atoms with van der Waals surface area (Å²) in [6.07, 6.45) is 0.124. The number of anilines is 1. The summed E-state index contributed by atoms with van der Waals surface area (Å²) in [5.41, 5.74) is 1.36. The van der Waals surface area contributed by atoms with E-state index in [0.717, 1.165) is 5.56 Å². The number of benzene rings is 2. The first-order chi connectivity index (χ1) is 14.3. The maximum atomic E-state index is 12.7. The Morgan fingerprint density at radius 1 is 1.20 bits per heavy atom. The van der Waals surface area contributed by atoms with Crippen molar-refractivity contribution in [3.63, 3.8) is 0 Å². The Balaban J connectivity index is 1.65. The lowest BCUT2D eigenvalue weighted by Gasteiger charge is -2.25. The van der Waals surface area contributed by atoms with E-state index in [0.29, 0.717) is 26.6 Å². The van der Waals surface area contributed by atoms with E-state index in [1.54, 1.807) is 42.3 Å². The molecule has 2 aromatic rings. The Labute approximate surface area is 189 Å². The van der Waals surface area contributed by atoms with Crippen molar-refractivity contribution in [3.8, 4) is 5.75 Å². The van der Waals surface area contributed by atoms with Gasteiger partial charge in [-0.2, -0.15) is 4.99 Å².